The lowest BCUT2D eigenvalue weighted by molar-refractivity contribution is 0.0425. The average molecular weight is 525 g/mol. The molecule has 2 aliphatic heterocycles. The van der Waals surface area contributed by atoms with Gasteiger partial charge in [-0.2, -0.15) is 0 Å². The van der Waals surface area contributed by atoms with Gasteiger partial charge in [-0.25, -0.2) is 8.42 Å². The molecule has 2 fully saturated rings. The summed E-state index contributed by atoms with van der Waals surface area (Å²) in [5, 5.41) is 1.22. The molecule has 0 aliphatic carbocycles. The molecule has 2 saturated heterocycles. The second-order valence-corrected chi connectivity index (χ2v) is 12.0. The number of rotatable bonds is 5. The van der Waals surface area contributed by atoms with Crippen molar-refractivity contribution < 1.29 is 17.9 Å². The highest BCUT2D eigenvalue weighted by atomic mass is 35.5. The standard InChI is InChI=1S/C25H30Cl2N2O4S/c1-17-22(26)7-8-23(24(17)27)33-20-11-15-28(16-12-20)19-9-13-29(14-10-19)25(30)18-3-5-21(6-4-18)34(2,31)32/h3-8,19-20H,9-16H2,1-2H3. The van der Waals surface area contributed by atoms with Gasteiger partial charge in [0.15, 0.2) is 9.84 Å². The molecule has 1 amide bonds. The summed E-state index contributed by atoms with van der Waals surface area (Å²) >= 11 is 12.5. The van der Waals surface area contributed by atoms with Crippen molar-refractivity contribution in [2.75, 3.05) is 32.4 Å². The number of carbonyl (C=O) groups excluding carboxylic acids is 1. The Morgan fingerprint density at radius 2 is 1.56 bits per heavy atom. The lowest BCUT2D eigenvalue weighted by Gasteiger charge is -2.41. The summed E-state index contributed by atoms with van der Waals surface area (Å²) in [4.78, 5) is 17.5. The number of nitrogens with zero attached hydrogens (tertiary/aromatic N) is 2. The molecule has 2 aliphatic rings. The molecule has 2 aromatic rings. The molecule has 0 aromatic heterocycles. The van der Waals surface area contributed by atoms with E-state index in [1.165, 1.54) is 12.1 Å². The van der Waals surface area contributed by atoms with E-state index in [9.17, 15) is 13.2 Å². The molecule has 4 rings (SSSR count). The lowest BCUT2D eigenvalue weighted by Crippen LogP contribution is -2.50. The summed E-state index contributed by atoms with van der Waals surface area (Å²) in [7, 11) is -3.27. The van der Waals surface area contributed by atoms with Gasteiger partial charge >= 0.3 is 0 Å². The van der Waals surface area contributed by atoms with Crippen molar-refractivity contribution in [1.29, 1.82) is 0 Å². The predicted molar refractivity (Wildman–Crippen MR) is 135 cm³/mol. The first-order valence-corrected chi connectivity index (χ1v) is 14.2. The van der Waals surface area contributed by atoms with Crippen LogP contribution in [0.1, 0.15) is 41.6 Å². The maximum Gasteiger partial charge on any atom is 0.253 e. The third-order valence-electron chi connectivity index (χ3n) is 6.85. The SMILES string of the molecule is Cc1c(Cl)ccc(OC2CCN(C3CCN(C(=O)c4ccc(S(C)(=O)=O)cc4)CC3)CC2)c1Cl. The van der Waals surface area contributed by atoms with Gasteiger partial charge in [-0.1, -0.05) is 23.2 Å². The Morgan fingerprint density at radius 3 is 2.15 bits per heavy atom. The van der Waals surface area contributed by atoms with Gasteiger partial charge in [0.05, 0.1) is 9.92 Å². The summed E-state index contributed by atoms with van der Waals surface area (Å²) in [5.41, 5.74) is 1.37. The highest BCUT2D eigenvalue weighted by molar-refractivity contribution is 7.90. The molecular formula is C25H30Cl2N2O4S. The predicted octanol–water partition coefficient (Wildman–Crippen LogP) is 4.85. The summed E-state index contributed by atoms with van der Waals surface area (Å²) in [6, 6.07) is 10.3. The molecule has 34 heavy (non-hydrogen) atoms. The Labute approximate surface area is 211 Å². The second kappa shape index (κ2) is 10.4. The first-order valence-electron chi connectivity index (χ1n) is 11.6. The van der Waals surface area contributed by atoms with Gasteiger partial charge in [-0.05, 0) is 74.6 Å². The van der Waals surface area contributed by atoms with Crippen molar-refractivity contribution in [2.45, 2.75) is 49.6 Å². The van der Waals surface area contributed by atoms with Crippen molar-refractivity contribution in [3.05, 3.63) is 57.6 Å². The normalized spacial score (nSPS) is 18.8. The number of carbonyl (C=O) groups is 1. The third-order valence-corrected chi connectivity index (χ3v) is 8.86. The Balaban J connectivity index is 1.26. The number of hydrogen-bond donors (Lipinski definition) is 0. The van der Waals surface area contributed by atoms with Crippen LogP contribution in [-0.4, -0.2) is 68.7 Å². The van der Waals surface area contributed by atoms with Gasteiger partial charge in [0.25, 0.3) is 5.91 Å². The molecule has 2 heterocycles. The van der Waals surface area contributed by atoms with Gasteiger partial charge in [0, 0.05) is 49.1 Å². The number of hydrogen-bond acceptors (Lipinski definition) is 5. The summed E-state index contributed by atoms with van der Waals surface area (Å²) in [5.74, 6) is 0.652. The number of halogens is 2. The smallest absolute Gasteiger partial charge is 0.253 e. The van der Waals surface area contributed by atoms with E-state index in [0.29, 0.717) is 40.5 Å². The second-order valence-electron chi connectivity index (χ2n) is 9.16. The molecule has 9 heteroatoms. The van der Waals surface area contributed by atoms with Gasteiger partial charge < -0.3 is 9.64 Å². The van der Waals surface area contributed by atoms with Crippen LogP contribution in [0, 0.1) is 6.92 Å². The van der Waals surface area contributed by atoms with E-state index in [4.69, 9.17) is 27.9 Å². The van der Waals surface area contributed by atoms with Crippen LogP contribution in [-0.2, 0) is 9.84 Å². The van der Waals surface area contributed by atoms with Crippen molar-refractivity contribution >= 4 is 38.9 Å². The maximum absolute atomic E-state index is 12.9. The minimum absolute atomic E-state index is 0.0410. The number of amides is 1. The highest BCUT2D eigenvalue weighted by Crippen LogP contribution is 2.34. The third kappa shape index (κ3) is 5.70. The van der Waals surface area contributed by atoms with E-state index >= 15 is 0 Å². The number of ether oxygens (including phenoxy) is 1. The fourth-order valence-corrected chi connectivity index (χ4v) is 5.77. The van der Waals surface area contributed by atoms with Gasteiger partial charge in [0.1, 0.15) is 11.9 Å². The van der Waals surface area contributed by atoms with Gasteiger partial charge in [0.2, 0.25) is 0 Å². The first-order chi connectivity index (χ1) is 16.1. The van der Waals surface area contributed by atoms with Crippen molar-refractivity contribution in [2.24, 2.45) is 0 Å². The van der Waals surface area contributed by atoms with Crippen LogP contribution in [0.25, 0.3) is 0 Å². The Bertz CT molecular complexity index is 1140. The van der Waals surface area contributed by atoms with E-state index in [2.05, 4.69) is 4.90 Å². The lowest BCUT2D eigenvalue weighted by atomic mass is 9.98. The zero-order valence-corrected chi connectivity index (χ0v) is 21.8. The zero-order valence-electron chi connectivity index (χ0n) is 19.5. The molecule has 0 atom stereocenters. The van der Waals surface area contributed by atoms with Crippen LogP contribution in [0.15, 0.2) is 41.3 Å². The minimum Gasteiger partial charge on any atom is -0.489 e. The van der Waals surface area contributed by atoms with E-state index < -0.39 is 9.84 Å². The molecule has 0 bridgehead atoms. The van der Waals surface area contributed by atoms with Crippen LogP contribution >= 0.6 is 23.2 Å². The number of benzene rings is 2. The minimum atomic E-state index is -3.27. The molecule has 184 valence electrons. The van der Waals surface area contributed by atoms with E-state index in [1.807, 2.05) is 24.0 Å². The fraction of sp³-hybridized carbons (Fsp3) is 0.480. The Hall–Kier alpha value is -1.80. The molecule has 0 saturated carbocycles. The van der Waals surface area contributed by atoms with Crippen LogP contribution in [0.5, 0.6) is 5.75 Å². The first kappa shape index (κ1) is 25.3. The largest absolute Gasteiger partial charge is 0.489 e. The van der Waals surface area contributed by atoms with Crippen LogP contribution < -0.4 is 4.74 Å². The highest BCUT2D eigenvalue weighted by Gasteiger charge is 2.31. The summed E-state index contributed by atoms with van der Waals surface area (Å²) in [6.07, 6.45) is 5.03. The van der Waals surface area contributed by atoms with Crippen molar-refractivity contribution in [3.8, 4) is 5.75 Å². The quantitative estimate of drug-likeness (QED) is 0.558. The van der Waals surface area contributed by atoms with Crippen molar-refractivity contribution in [3.63, 3.8) is 0 Å². The van der Waals surface area contributed by atoms with E-state index in [1.54, 1.807) is 12.1 Å². The molecule has 2 aromatic carbocycles. The van der Waals surface area contributed by atoms with Crippen LogP contribution in [0.2, 0.25) is 10.0 Å². The molecule has 0 spiro atoms. The van der Waals surface area contributed by atoms with Crippen LogP contribution in [0.4, 0.5) is 0 Å². The summed E-state index contributed by atoms with van der Waals surface area (Å²) in [6.45, 7) is 5.21. The molecule has 0 radical (unpaired) electrons. The topological polar surface area (TPSA) is 66.9 Å². The van der Waals surface area contributed by atoms with E-state index in [0.717, 1.165) is 50.6 Å². The van der Waals surface area contributed by atoms with Gasteiger partial charge in [-0.15, -0.1) is 0 Å². The Kier molecular flexibility index (Phi) is 7.77. The van der Waals surface area contributed by atoms with Crippen molar-refractivity contribution in [1.82, 2.24) is 9.80 Å². The Morgan fingerprint density at radius 1 is 0.941 bits per heavy atom. The number of likely N-dealkylation sites (tertiary alicyclic amines) is 2. The average Bonchev–Trinajstić information content (AvgIpc) is 2.84. The number of piperidine rings is 2. The van der Waals surface area contributed by atoms with Gasteiger partial charge in [-0.3, -0.25) is 9.69 Å². The zero-order chi connectivity index (χ0) is 24.5. The number of sulfone groups is 1. The summed E-state index contributed by atoms with van der Waals surface area (Å²) < 4.78 is 29.4. The van der Waals surface area contributed by atoms with E-state index in [-0.39, 0.29) is 16.9 Å². The fourth-order valence-electron chi connectivity index (χ4n) is 4.73. The molecule has 0 N–H and O–H groups in total. The van der Waals surface area contributed by atoms with Crippen LogP contribution in [0.3, 0.4) is 0 Å². The molecule has 6 nitrogen and oxygen atoms in total. The maximum atomic E-state index is 12.9. The molecule has 0 unspecified atom stereocenters. The molecular weight excluding hydrogens is 495 g/mol. The monoisotopic (exact) mass is 524 g/mol.